The highest BCUT2D eigenvalue weighted by Crippen LogP contribution is 2.43. The van der Waals surface area contributed by atoms with Crippen LogP contribution in [0.25, 0.3) is 11.1 Å². The SMILES string of the molecule is CSc1ccccc1-c1cccc2c1OCO2. The number of benzene rings is 2. The van der Waals surface area contributed by atoms with Crippen molar-refractivity contribution >= 4 is 11.8 Å². The minimum Gasteiger partial charge on any atom is -0.454 e. The molecule has 0 atom stereocenters. The summed E-state index contributed by atoms with van der Waals surface area (Å²) in [5.41, 5.74) is 2.30. The Hall–Kier alpha value is -1.61. The van der Waals surface area contributed by atoms with Crippen molar-refractivity contribution in [2.75, 3.05) is 13.0 Å². The van der Waals surface area contributed by atoms with Crippen molar-refractivity contribution in [1.82, 2.24) is 0 Å². The Morgan fingerprint density at radius 2 is 1.76 bits per heavy atom. The summed E-state index contributed by atoms with van der Waals surface area (Å²) in [5.74, 6) is 1.69. The Morgan fingerprint density at radius 1 is 0.941 bits per heavy atom. The third kappa shape index (κ3) is 1.76. The Kier molecular flexibility index (Phi) is 2.69. The van der Waals surface area contributed by atoms with Crippen LogP contribution < -0.4 is 9.47 Å². The summed E-state index contributed by atoms with van der Waals surface area (Å²) in [7, 11) is 0. The highest BCUT2D eigenvalue weighted by atomic mass is 32.2. The van der Waals surface area contributed by atoms with Gasteiger partial charge < -0.3 is 9.47 Å². The van der Waals surface area contributed by atoms with Crippen LogP contribution in [0.5, 0.6) is 11.5 Å². The number of hydrogen-bond acceptors (Lipinski definition) is 3. The van der Waals surface area contributed by atoms with E-state index in [2.05, 4.69) is 30.5 Å². The van der Waals surface area contributed by atoms with E-state index in [1.54, 1.807) is 11.8 Å². The summed E-state index contributed by atoms with van der Waals surface area (Å²) >= 11 is 1.74. The zero-order chi connectivity index (χ0) is 11.7. The van der Waals surface area contributed by atoms with E-state index in [-0.39, 0.29) is 0 Å². The normalized spacial score (nSPS) is 12.8. The van der Waals surface area contributed by atoms with Gasteiger partial charge in [-0.05, 0) is 24.0 Å². The molecule has 0 fully saturated rings. The number of rotatable bonds is 2. The van der Waals surface area contributed by atoms with Crippen LogP contribution in [0.4, 0.5) is 0 Å². The molecule has 0 bridgehead atoms. The molecule has 0 saturated carbocycles. The maximum Gasteiger partial charge on any atom is 0.231 e. The van der Waals surface area contributed by atoms with Gasteiger partial charge in [-0.25, -0.2) is 0 Å². The van der Waals surface area contributed by atoms with Crippen LogP contribution in [-0.4, -0.2) is 13.0 Å². The first-order valence-corrected chi connectivity index (χ1v) is 6.64. The summed E-state index contributed by atoms with van der Waals surface area (Å²) in [6.45, 7) is 0.313. The van der Waals surface area contributed by atoms with Crippen molar-refractivity contribution in [2.45, 2.75) is 4.90 Å². The molecular weight excluding hydrogens is 232 g/mol. The Bertz CT molecular complexity index is 552. The van der Waals surface area contributed by atoms with Crippen molar-refractivity contribution in [3.63, 3.8) is 0 Å². The van der Waals surface area contributed by atoms with E-state index < -0.39 is 0 Å². The summed E-state index contributed by atoms with van der Waals surface area (Å²) in [4.78, 5) is 1.25. The lowest BCUT2D eigenvalue weighted by Gasteiger charge is -2.09. The molecule has 0 radical (unpaired) electrons. The van der Waals surface area contributed by atoms with Crippen LogP contribution >= 0.6 is 11.8 Å². The summed E-state index contributed by atoms with van der Waals surface area (Å²) in [6, 6.07) is 14.3. The van der Waals surface area contributed by atoms with E-state index in [1.807, 2.05) is 18.2 Å². The van der Waals surface area contributed by atoms with Crippen LogP contribution in [-0.2, 0) is 0 Å². The highest BCUT2D eigenvalue weighted by Gasteiger charge is 2.19. The maximum atomic E-state index is 5.55. The molecular formula is C14H12O2S. The van der Waals surface area contributed by atoms with E-state index in [0.717, 1.165) is 17.1 Å². The highest BCUT2D eigenvalue weighted by molar-refractivity contribution is 7.98. The minimum absolute atomic E-state index is 0.313. The first-order valence-electron chi connectivity index (χ1n) is 5.42. The Morgan fingerprint density at radius 3 is 2.65 bits per heavy atom. The molecule has 1 aliphatic heterocycles. The molecule has 1 heterocycles. The van der Waals surface area contributed by atoms with Crippen LogP contribution in [0.3, 0.4) is 0 Å². The number of para-hydroxylation sites is 1. The van der Waals surface area contributed by atoms with Crippen molar-refractivity contribution in [1.29, 1.82) is 0 Å². The van der Waals surface area contributed by atoms with Gasteiger partial charge in [-0.15, -0.1) is 11.8 Å². The summed E-state index contributed by atoms with van der Waals surface area (Å²) < 4.78 is 11.0. The average molecular weight is 244 g/mol. The fourth-order valence-electron chi connectivity index (χ4n) is 2.01. The average Bonchev–Trinajstić information content (AvgIpc) is 2.86. The molecule has 17 heavy (non-hydrogen) atoms. The molecule has 2 nitrogen and oxygen atoms in total. The zero-order valence-corrected chi connectivity index (χ0v) is 10.3. The second-order valence-electron chi connectivity index (χ2n) is 3.74. The molecule has 0 aromatic heterocycles. The third-order valence-electron chi connectivity index (χ3n) is 2.79. The standard InChI is InChI=1S/C14H12O2S/c1-17-13-8-3-2-5-10(13)11-6-4-7-12-14(11)16-9-15-12/h2-8H,9H2,1H3. The van der Waals surface area contributed by atoms with Crippen LogP contribution in [0.1, 0.15) is 0 Å². The predicted molar refractivity (Wildman–Crippen MR) is 69.8 cm³/mol. The van der Waals surface area contributed by atoms with Gasteiger partial charge in [-0.1, -0.05) is 30.3 Å². The predicted octanol–water partition coefficient (Wildman–Crippen LogP) is 3.80. The minimum atomic E-state index is 0.313. The molecule has 0 N–H and O–H groups in total. The molecule has 0 unspecified atom stereocenters. The lowest BCUT2D eigenvalue weighted by molar-refractivity contribution is 0.174. The van der Waals surface area contributed by atoms with E-state index >= 15 is 0 Å². The van der Waals surface area contributed by atoms with E-state index in [9.17, 15) is 0 Å². The van der Waals surface area contributed by atoms with Crippen molar-refractivity contribution < 1.29 is 9.47 Å². The topological polar surface area (TPSA) is 18.5 Å². The first kappa shape index (κ1) is 10.5. The Balaban J connectivity index is 2.19. The molecule has 3 heteroatoms. The van der Waals surface area contributed by atoms with Gasteiger partial charge in [-0.3, -0.25) is 0 Å². The fourth-order valence-corrected chi connectivity index (χ4v) is 2.62. The largest absolute Gasteiger partial charge is 0.454 e. The zero-order valence-electron chi connectivity index (χ0n) is 9.47. The summed E-state index contributed by atoms with van der Waals surface area (Å²) in [5, 5.41) is 0. The number of ether oxygens (including phenoxy) is 2. The lowest BCUT2D eigenvalue weighted by Crippen LogP contribution is -1.93. The van der Waals surface area contributed by atoms with Gasteiger partial charge in [-0.2, -0.15) is 0 Å². The van der Waals surface area contributed by atoms with Crippen LogP contribution in [0.15, 0.2) is 47.4 Å². The molecule has 1 aliphatic rings. The monoisotopic (exact) mass is 244 g/mol. The van der Waals surface area contributed by atoms with Gasteiger partial charge in [0.05, 0.1) is 0 Å². The van der Waals surface area contributed by atoms with Gasteiger partial charge in [0.25, 0.3) is 0 Å². The number of thioether (sulfide) groups is 1. The van der Waals surface area contributed by atoms with Gasteiger partial charge in [0, 0.05) is 10.5 Å². The molecule has 0 amide bonds. The van der Waals surface area contributed by atoms with E-state index in [0.29, 0.717) is 6.79 Å². The quantitative estimate of drug-likeness (QED) is 0.748. The molecule has 0 saturated heterocycles. The van der Waals surface area contributed by atoms with E-state index in [4.69, 9.17) is 9.47 Å². The molecule has 2 aromatic rings. The van der Waals surface area contributed by atoms with Crippen molar-refractivity contribution in [3.05, 3.63) is 42.5 Å². The third-order valence-corrected chi connectivity index (χ3v) is 3.59. The van der Waals surface area contributed by atoms with Gasteiger partial charge in [0.15, 0.2) is 11.5 Å². The van der Waals surface area contributed by atoms with Crippen LogP contribution in [0.2, 0.25) is 0 Å². The molecule has 0 spiro atoms. The maximum absolute atomic E-state index is 5.55. The second kappa shape index (κ2) is 4.34. The molecule has 2 aromatic carbocycles. The van der Waals surface area contributed by atoms with Gasteiger partial charge in [0.2, 0.25) is 6.79 Å². The molecule has 0 aliphatic carbocycles. The van der Waals surface area contributed by atoms with Crippen molar-refractivity contribution in [3.8, 4) is 22.6 Å². The molecule has 86 valence electrons. The lowest BCUT2D eigenvalue weighted by atomic mass is 10.0. The number of hydrogen-bond donors (Lipinski definition) is 0. The second-order valence-corrected chi connectivity index (χ2v) is 4.59. The first-order chi connectivity index (χ1) is 8.40. The van der Waals surface area contributed by atoms with Crippen molar-refractivity contribution in [2.24, 2.45) is 0 Å². The van der Waals surface area contributed by atoms with Crippen LogP contribution in [0, 0.1) is 0 Å². The Labute approximate surface area is 105 Å². The van der Waals surface area contributed by atoms with Gasteiger partial charge in [0.1, 0.15) is 0 Å². The van der Waals surface area contributed by atoms with Gasteiger partial charge >= 0.3 is 0 Å². The fraction of sp³-hybridized carbons (Fsp3) is 0.143. The number of fused-ring (bicyclic) bond motifs is 1. The smallest absolute Gasteiger partial charge is 0.231 e. The summed E-state index contributed by atoms with van der Waals surface area (Å²) in [6.07, 6.45) is 2.08. The molecule has 3 rings (SSSR count). The van der Waals surface area contributed by atoms with E-state index in [1.165, 1.54) is 10.5 Å².